The summed E-state index contributed by atoms with van der Waals surface area (Å²) >= 11 is 0. The average Bonchev–Trinajstić information content (AvgIpc) is 3.13. The van der Waals surface area contributed by atoms with Gasteiger partial charge >= 0.3 is 5.97 Å². The van der Waals surface area contributed by atoms with E-state index in [4.69, 9.17) is 34.2 Å². The zero-order valence-corrected chi connectivity index (χ0v) is 14.6. The Bertz CT molecular complexity index is 855. The Kier molecular flexibility index (Phi) is 5.20. The largest absolute Gasteiger partial charge is 0.493 e. The number of amides is 1. The van der Waals surface area contributed by atoms with Gasteiger partial charge in [0.05, 0.1) is 19.8 Å². The summed E-state index contributed by atoms with van der Waals surface area (Å²) in [5.41, 5.74) is 5.25. The number of primary amides is 1. The number of nitrogens with two attached hydrogens (primary N) is 1. The molecule has 1 aliphatic heterocycles. The third kappa shape index (κ3) is 3.97. The highest BCUT2D eigenvalue weighted by Crippen LogP contribution is 2.39. The molecule has 0 unspecified atom stereocenters. The molecule has 0 saturated heterocycles. The second-order valence-electron chi connectivity index (χ2n) is 5.37. The Morgan fingerprint density at radius 3 is 2.33 bits per heavy atom. The van der Waals surface area contributed by atoms with Crippen LogP contribution in [0, 0.1) is 0 Å². The van der Waals surface area contributed by atoms with Crippen molar-refractivity contribution in [2.24, 2.45) is 5.73 Å². The van der Waals surface area contributed by atoms with Crippen LogP contribution in [-0.2, 0) is 4.79 Å². The Balaban J connectivity index is 1.84. The second-order valence-corrected chi connectivity index (χ2v) is 5.37. The predicted octanol–water partition coefficient (Wildman–Crippen LogP) is 1.52. The first-order valence-corrected chi connectivity index (χ1v) is 7.80. The van der Waals surface area contributed by atoms with E-state index >= 15 is 0 Å². The molecule has 3 rings (SSSR count). The van der Waals surface area contributed by atoms with E-state index in [1.807, 2.05) is 0 Å². The molecule has 142 valence electrons. The zero-order valence-electron chi connectivity index (χ0n) is 14.6. The second kappa shape index (κ2) is 7.73. The van der Waals surface area contributed by atoms with Crippen LogP contribution in [0.3, 0.4) is 0 Å². The molecule has 1 aliphatic rings. The van der Waals surface area contributed by atoms with Crippen LogP contribution in [0.15, 0.2) is 30.3 Å². The van der Waals surface area contributed by atoms with Crippen molar-refractivity contribution in [3.8, 4) is 34.5 Å². The van der Waals surface area contributed by atoms with Crippen molar-refractivity contribution >= 4 is 11.9 Å². The first-order valence-electron chi connectivity index (χ1n) is 7.80. The molecule has 1 heterocycles. The van der Waals surface area contributed by atoms with Crippen molar-refractivity contribution in [2.75, 3.05) is 27.6 Å². The van der Waals surface area contributed by atoms with Crippen molar-refractivity contribution in [1.82, 2.24) is 0 Å². The molecular weight excluding hydrogens is 358 g/mol. The van der Waals surface area contributed by atoms with Gasteiger partial charge in [0.15, 0.2) is 29.6 Å². The van der Waals surface area contributed by atoms with E-state index < -0.39 is 11.9 Å². The summed E-state index contributed by atoms with van der Waals surface area (Å²) in [5, 5.41) is 0. The Morgan fingerprint density at radius 2 is 1.70 bits per heavy atom. The molecule has 0 aliphatic carbocycles. The van der Waals surface area contributed by atoms with Gasteiger partial charge in [0.25, 0.3) is 5.91 Å². The topological polar surface area (TPSA) is 116 Å². The quantitative estimate of drug-likeness (QED) is 0.572. The fraction of sp³-hybridized carbons (Fsp3) is 0.222. The van der Waals surface area contributed by atoms with Crippen molar-refractivity contribution < 1.29 is 38.0 Å². The number of carbonyl (C=O) groups excluding carboxylic acids is 2. The minimum absolute atomic E-state index is 0.119. The van der Waals surface area contributed by atoms with Gasteiger partial charge < -0.3 is 34.2 Å². The number of carbonyl (C=O) groups is 2. The van der Waals surface area contributed by atoms with Gasteiger partial charge in [-0.05, 0) is 24.3 Å². The summed E-state index contributed by atoms with van der Waals surface area (Å²) < 4.78 is 31.6. The number of ether oxygens (including phenoxy) is 6. The number of hydrogen-bond acceptors (Lipinski definition) is 8. The van der Waals surface area contributed by atoms with Crippen LogP contribution < -0.4 is 34.2 Å². The molecule has 2 aromatic rings. The highest BCUT2D eigenvalue weighted by Gasteiger charge is 2.21. The molecule has 0 radical (unpaired) electrons. The summed E-state index contributed by atoms with van der Waals surface area (Å²) in [4.78, 5) is 23.5. The number of fused-ring (bicyclic) bond motifs is 1. The van der Waals surface area contributed by atoms with E-state index in [1.165, 1.54) is 26.4 Å². The number of esters is 1. The molecule has 2 N–H and O–H groups in total. The lowest BCUT2D eigenvalue weighted by atomic mass is 10.2. The molecule has 1 amide bonds. The average molecular weight is 375 g/mol. The lowest BCUT2D eigenvalue weighted by molar-refractivity contribution is -0.120. The monoisotopic (exact) mass is 375 g/mol. The highest BCUT2D eigenvalue weighted by atomic mass is 16.7. The van der Waals surface area contributed by atoms with Gasteiger partial charge in [-0.15, -0.1) is 0 Å². The van der Waals surface area contributed by atoms with Crippen LogP contribution in [0.2, 0.25) is 0 Å². The smallest absolute Gasteiger partial charge is 0.343 e. The van der Waals surface area contributed by atoms with Crippen LogP contribution >= 0.6 is 0 Å². The molecule has 0 bridgehead atoms. The van der Waals surface area contributed by atoms with Gasteiger partial charge in [0.2, 0.25) is 12.5 Å². The third-order valence-electron chi connectivity index (χ3n) is 3.61. The van der Waals surface area contributed by atoms with Crippen LogP contribution in [-0.4, -0.2) is 39.5 Å². The van der Waals surface area contributed by atoms with Gasteiger partial charge in [-0.3, -0.25) is 4.79 Å². The fourth-order valence-corrected chi connectivity index (χ4v) is 2.39. The molecule has 9 nitrogen and oxygen atoms in total. The van der Waals surface area contributed by atoms with Gasteiger partial charge in [0, 0.05) is 6.07 Å². The minimum atomic E-state index is -0.662. The van der Waals surface area contributed by atoms with Crippen molar-refractivity contribution in [2.45, 2.75) is 0 Å². The van der Waals surface area contributed by atoms with E-state index in [-0.39, 0.29) is 42.0 Å². The first kappa shape index (κ1) is 18.2. The number of methoxy groups -OCH3 is 2. The molecule has 9 heteroatoms. The van der Waals surface area contributed by atoms with Crippen LogP contribution in [0.5, 0.6) is 34.5 Å². The van der Waals surface area contributed by atoms with Crippen molar-refractivity contribution in [1.29, 1.82) is 0 Å². The maximum Gasteiger partial charge on any atom is 0.343 e. The van der Waals surface area contributed by atoms with E-state index in [1.54, 1.807) is 18.2 Å². The number of benzene rings is 2. The summed E-state index contributed by atoms with van der Waals surface area (Å²) in [6, 6.07) is 7.61. The molecule has 0 aromatic heterocycles. The van der Waals surface area contributed by atoms with Crippen molar-refractivity contribution in [3.05, 3.63) is 35.9 Å². The van der Waals surface area contributed by atoms with Gasteiger partial charge in [-0.2, -0.15) is 0 Å². The Morgan fingerprint density at radius 1 is 1.04 bits per heavy atom. The van der Waals surface area contributed by atoms with Gasteiger partial charge in [-0.25, -0.2) is 4.79 Å². The standard InChI is InChI=1S/C18H17NO8/c1-22-14-5-10(6-15(23-2)17(14)24-8-16(19)20)18(21)27-11-3-4-12-13(7-11)26-9-25-12/h3-7H,8-9H2,1-2H3,(H2,19,20). The van der Waals surface area contributed by atoms with E-state index in [0.29, 0.717) is 11.5 Å². The minimum Gasteiger partial charge on any atom is -0.493 e. The summed E-state index contributed by atoms with van der Waals surface area (Å²) in [6.45, 7) is -0.248. The molecule has 0 atom stereocenters. The van der Waals surface area contributed by atoms with Crippen molar-refractivity contribution in [3.63, 3.8) is 0 Å². The maximum atomic E-state index is 12.5. The van der Waals surface area contributed by atoms with Crippen LogP contribution in [0.1, 0.15) is 10.4 Å². The van der Waals surface area contributed by atoms with Gasteiger partial charge in [0.1, 0.15) is 5.75 Å². The molecule has 2 aromatic carbocycles. The number of rotatable bonds is 7. The molecule has 0 spiro atoms. The van der Waals surface area contributed by atoms with E-state index in [0.717, 1.165) is 0 Å². The number of hydrogen-bond donors (Lipinski definition) is 1. The molecule has 0 saturated carbocycles. The lowest BCUT2D eigenvalue weighted by Gasteiger charge is -2.15. The predicted molar refractivity (Wildman–Crippen MR) is 91.8 cm³/mol. The zero-order chi connectivity index (χ0) is 19.4. The maximum absolute atomic E-state index is 12.5. The summed E-state index contributed by atoms with van der Waals surface area (Å²) in [5.74, 6) is 0.577. The first-order chi connectivity index (χ1) is 13.0. The SMILES string of the molecule is COc1cc(C(=O)Oc2ccc3c(c2)OCO3)cc(OC)c1OCC(N)=O. The fourth-order valence-electron chi connectivity index (χ4n) is 2.39. The highest BCUT2D eigenvalue weighted by molar-refractivity contribution is 5.93. The van der Waals surface area contributed by atoms with E-state index in [9.17, 15) is 9.59 Å². The van der Waals surface area contributed by atoms with Gasteiger partial charge in [-0.1, -0.05) is 0 Å². The lowest BCUT2D eigenvalue weighted by Crippen LogP contribution is -2.20. The Labute approximate surface area is 154 Å². The molecular formula is C18H17NO8. The third-order valence-corrected chi connectivity index (χ3v) is 3.61. The summed E-state index contributed by atoms with van der Waals surface area (Å²) in [7, 11) is 2.78. The Hall–Kier alpha value is -3.62. The molecule has 27 heavy (non-hydrogen) atoms. The van der Waals surface area contributed by atoms with E-state index in [2.05, 4.69) is 0 Å². The molecule has 0 fully saturated rings. The van der Waals surface area contributed by atoms with Crippen LogP contribution in [0.25, 0.3) is 0 Å². The normalized spacial score (nSPS) is 11.6. The summed E-state index contributed by atoms with van der Waals surface area (Å²) in [6.07, 6.45) is 0. The van der Waals surface area contributed by atoms with Crippen LogP contribution in [0.4, 0.5) is 0 Å².